The van der Waals surface area contributed by atoms with Crippen LogP contribution in [0.5, 0.6) is 0 Å². The molecule has 0 unspecified atom stereocenters. The molecule has 0 spiro atoms. The van der Waals surface area contributed by atoms with Crippen LogP contribution in [0.15, 0.2) is 24.3 Å². The Morgan fingerprint density at radius 2 is 1.90 bits per heavy atom. The van der Waals surface area contributed by atoms with E-state index < -0.39 is 24.4 Å². The molecule has 110 valence electrons. The zero-order valence-corrected chi connectivity index (χ0v) is 11.2. The van der Waals surface area contributed by atoms with E-state index >= 15 is 0 Å². The molecule has 1 saturated heterocycles. The second-order valence-corrected chi connectivity index (χ2v) is 4.82. The topological polar surface area (TPSA) is 99.0 Å². The van der Waals surface area contributed by atoms with Crippen molar-refractivity contribution in [3.05, 3.63) is 35.4 Å². The third-order valence-electron chi connectivity index (χ3n) is 3.55. The summed E-state index contributed by atoms with van der Waals surface area (Å²) in [7, 11) is 1.55. The van der Waals surface area contributed by atoms with Crippen LogP contribution in [0.1, 0.15) is 15.9 Å². The minimum atomic E-state index is -1.11. The number of nitrogens with one attached hydrogen (secondary N) is 1. The lowest BCUT2D eigenvalue weighted by Crippen LogP contribution is -2.34. The predicted molar refractivity (Wildman–Crippen MR) is 71.3 cm³/mol. The number of ether oxygens (including phenoxy) is 1. The molecule has 6 heteroatoms. The summed E-state index contributed by atoms with van der Waals surface area (Å²) in [4.78, 5) is 11.8. The molecule has 0 radical (unpaired) electrons. The molecule has 1 aromatic carbocycles. The maximum atomic E-state index is 11.8. The van der Waals surface area contributed by atoms with E-state index in [4.69, 9.17) is 9.84 Å². The number of benzene rings is 1. The highest BCUT2D eigenvalue weighted by atomic mass is 16.6. The standard InChI is InChI=1S/C14H19NO5/c1-15-14(19)9-5-3-2-4-8(9)6-10-12(17)13(18)11(7-16)20-10/h2-5,10-13,16-18H,6-7H2,1H3,(H,15,19)/t10-,11+,12-,13+/m0/s1. The number of amides is 1. The van der Waals surface area contributed by atoms with Crippen molar-refractivity contribution in [2.75, 3.05) is 13.7 Å². The van der Waals surface area contributed by atoms with Crippen molar-refractivity contribution < 1.29 is 24.9 Å². The van der Waals surface area contributed by atoms with Gasteiger partial charge in [-0.05, 0) is 11.6 Å². The molecule has 6 nitrogen and oxygen atoms in total. The molecule has 1 aliphatic rings. The molecule has 0 saturated carbocycles. The van der Waals surface area contributed by atoms with Crippen molar-refractivity contribution >= 4 is 5.91 Å². The van der Waals surface area contributed by atoms with E-state index in [-0.39, 0.29) is 12.5 Å². The van der Waals surface area contributed by atoms with Gasteiger partial charge in [0.15, 0.2) is 0 Å². The van der Waals surface area contributed by atoms with Crippen LogP contribution in [0.2, 0.25) is 0 Å². The summed E-state index contributed by atoms with van der Waals surface area (Å²) >= 11 is 0. The Morgan fingerprint density at radius 1 is 1.25 bits per heavy atom. The highest BCUT2D eigenvalue weighted by Gasteiger charge is 2.42. The molecule has 2 rings (SSSR count). The fraction of sp³-hybridized carbons (Fsp3) is 0.500. The van der Waals surface area contributed by atoms with Crippen LogP contribution < -0.4 is 5.32 Å². The first-order valence-electron chi connectivity index (χ1n) is 6.51. The summed E-state index contributed by atoms with van der Waals surface area (Å²) in [5.41, 5.74) is 1.23. The molecule has 1 amide bonds. The van der Waals surface area contributed by atoms with Crippen molar-refractivity contribution in [3.63, 3.8) is 0 Å². The van der Waals surface area contributed by atoms with Crippen LogP contribution in [0.4, 0.5) is 0 Å². The summed E-state index contributed by atoms with van der Waals surface area (Å²) < 4.78 is 5.43. The second kappa shape index (κ2) is 6.32. The Labute approximate surface area is 117 Å². The zero-order chi connectivity index (χ0) is 14.7. The number of carbonyl (C=O) groups excluding carboxylic acids is 1. The minimum Gasteiger partial charge on any atom is -0.394 e. The Balaban J connectivity index is 2.17. The molecule has 4 N–H and O–H groups in total. The maximum absolute atomic E-state index is 11.8. The van der Waals surface area contributed by atoms with Crippen molar-refractivity contribution in [1.82, 2.24) is 5.32 Å². The average molecular weight is 281 g/mol. The number of aliphatic hydroxyl groups is 3. The fourth-order valence-corrected chi connectivity index (χ4v) is 2.42. The van der Waals surface area contributed by atoms with Gasteiger partial charge in [0.05, 0.1) is 12.7 Å². The lowest BCUT2D eigenvalue weighted by atomic mass is 9.97. The van der Waals surface area contributed by atoms with Gasteiger partial charge in [0.1, 0.15) is 18.3 Å². The van der Waals surface area contributed by atoms with E-state index in [1.807, 2.05) is 0 Å². The molecule has 1 fully saturated rings. The molecule has 1 heterocycles. The Morgan fingerprint density at radius 3 is 2.50 bits per heavy atom. The van der Waals surface area contributed by atoms with E-state index in [0.29, 0.717) is 12.0 Å². The van der Waals surface area contributed by atoms with Crippen LogP contribution >= 0.6 is 0 Å². The molecule has 0 aliphatic carbocycles. The van der Waals surface area contributed by atoms with Gasteiger partial charge >= 0.3 is 0 Å². The summed E-state index contributed by atoms with van der Waals surface area (Å²) in [6, 6.07) is 7.02. The highest BCUT2D eigenvalue weighted by Crippen LogP contribution is 2.25. The van der Waals surface area contributed by atoms with Gasteiger partial charge in [-0.25, -0.2) is 0 Å². The van der Waals surface area contributed by atoms with Crippen LogP contribution in [-0.2, 0) is 11.2 Å². The summed E-state index contributed by atoms with van der Waals surface area (Å²) in [6.07, 6.45) is -3.34. The van der Waals surface area contributed by atoms with Gasteiger partial charge in [0.25, 0.3) is 5.91 Å². The van der Waals surface area contributed by atoms with Crippen molar-refractivity contribution in [2.45, 2.75) is 30.8 Å². The van der Waals surface area contributed by atoms with E-state index in [1.165, 1.54) is 0 Å². The summed E-state index contributed by atoms with van der Waals surface area (Å²) in [5, 5.41) is 31.3. The first-order chi connectivity index (χ1) is 9.58. The number of hydrogen-bond acceptors (Lipinski definition) is 5. The zero-order valence-electron chi connectivity index (χ0n) is 11.2. The summed E-state index contributed by atoms with van der Waals surface area (Å²) in [6.45, 7) is -0.355. The average Bonchev–Trinajstić information content (AvgIpc) is 2.75. The van der Waals surface area contributed by atoms with Gasteiger partial charge in [0, 0.05) is 19.0 Å². The Bertz CT molecular complexity index is 478. The van der Waals surface area contributed by atoms with E-state index in [9.17, 15) is 15.0 Å². The molecule has 20 heavy (non-hydrogen) atoms. The van der Waals surface area contributed by atoms with E-state index in [0.717, 1.165) is 5.56 Å². The normalized spacial score (nSPS) is 29.4. The number of carbonyl (C=O) groups is 1. The van der Waals surface area contributed by atoms with Gasteiger partial charge in [-0.3, -0.25) is 4.79 Å². The molecule has 4 atom stereocenters. The van der Waals surface area contributed by atoms with Crippen molar-refractivity contribution in [2.24, 2.45) is 0 Å². The Hall–Kier alpha value is -1.47. The van der Waals surface area contributed by atoms with Crippen LogP contribution in [0.25, 0.3) is 0 Å². The van der Waals surface area contributed by atoms with Gasteiger partial charge in [0.2, 0.25) is 0 Å². The largest absolute Gasteiger partial charge is 0.394 e. The Kier molecular flexibility index (Phi) is 4.72. The lowest BCUT2D eigenvalue weighted by Gasteiger charge is -2.16. The van der Waals surface area contributed by atoms with E-state index in [1.54, 1.807) is 31.3 Å². The monoisotopic (exact) mass is 281 g/mol. The fourth-order valence-electron chi connectivity index (χ4n) is 2.42. The number of aliphatic hydroxyl groups excluding tert-OH is 3. The van der Waals surface area contributed by atoms with Gasteiger partial charge in [-0.2, -0.15) is 0 Å². The smallest absolute Gasteiger partial charge is 0.251 e. The van der Waals surface area contributed by atoms with Gasteiger partial charge in [-0.1, -0.05) is 18.2 Å². The number of rotatable bonds is 4. The molecule has 0 aromatic heterocycles. The predicted octanol–water partition coefficient (Wildman–Crippen LogP) is -0.930. The molecular formula is C14H19NO5. The molecule has 1 aromatic rings. The first kappa shape index (κ1) is 14.9. The highest BCUT2D eigenvalue weighted by molar-refractivity contribution is 5.95. The van der Waals surface area contributed by atoms with Crippen LogP contribution in [0, 0.1) is 0 Å². The van der Waals surface area contributed by atoms with E-state index in [2.05, 4.69) is 5.32 Å². The van der Waals surface area contributed by atoms with Crippen molar-refractivity contribution in [3.8, 4) is 0 Å². The SMILES string of the molecule is CNC(=O)c1ccccc1C[C@@H]1O[C@H](CO)[C@@H](O)[C@H]1O. The molecule has 0 bridgehead atoms. The van der Waals surface area contributed by atoms with Crippen LogP contribution in [0.3, 0.4) is 0 Å². The first-order valence-corrected chi connectivity index (χ1v) is 6.51. The van der Waals surface area contributed by atoms with Crippen molar-refractivity contribution in [1.29, 1.82) is 0 Å². The third kappa shape index (κ3) is 2.83. The number of hydrogen-bond donors (Lipinski definition) is 4. The van der Waals surface area contributed by atoms with Gasteiger partial charge < -0.3 is 25.4 Å². The second-order valence-electron chi connectivity index (χ2n) is 4.82. The maximum Gasteiger partial charge on any atom is 0.251 e. The lowest BCUT2D eigenvalue weighted by molar-refractivity contribution is -0.0216. The molecule has 1 aliphatic heterocycles. The third-order valence-corrected chi connectivity index (χ3v) is 3.55. The quantitative estimate of drug-likeness (QED) is 0.571. The van der Waals surface area contributed by atoms with Crippen LogP contribution in [-0.4, -0.2) is 59.3 Å². The van der Waals surface area contributed by atoms with Gasteiger partial charge in [-0.15, -0.1) is 0 Å². The minimum absolute atomic E-state index is 0.215. The molecular weight excluding hydrogens is 262 g/mol. The summed E-state index contributed by atoms with van der Waals surface area (Å²) in [5.74, 6) is -0.215.